The van der Waals surface area contributed by atoms with E-state index in [0.29, 0.717) is 6.61 Å². The van der Waals surface area contributed by atoms with E-state index in [1.807, 2.05) is 37.3 Å². The van der Waals surface area contributed by atoms with Crippen LogP contribution in [0.2, 0.25) is 5.02 Å². The molecule has 0 bridgehead atoms. The van der Waals surface area contributed by atoms with E-state index in [0.717, 1.165) is 10.6 Å². The summed E-state index contributed by atoms with van der Waals surface area (Å²) in [6.45, 7) is 2.62. The molecule has 1 aromatic carbocycles. The van der Waals surface area contributed by atoms with Crippen LogP contribution in [0.3, 0.4) is 0 Å². The maximum Gasteiger partial charge on any atom is 0.0845 e. The summed E-state index contributed by atoms with van der Waals surface area (Å²) < 4.78 is 5.05. The number of ether oxygens (including phenoxy) is 1. The van der Waals surface area contributed by atoms with Crippen LogP contribution in [0.4, 0.5) is 0 Å². The van der Waals surface area contributed by atoms with Crippen molar-refractivity contribution in [2.75, 3.05) is 6.61 Å². The van der Waals surface area contributed by atoms with Gasteiger partial charge in [-0.1, -0.05) is 29.8 Å². The highest BCUT2D eigenvalue weighted by atomic mass is 35.5. The first kappa shape index (κ1) is 9.14. The zero-order valence-corrected chi connectivity index (χ0v) is 7.71. The molecule has 0 amide bonds. The lowest BCUT2D eigenvalue weighted by molar-refractivity contribution is 0.272. The summed E-state index contributed by atoms with van der Waals surface area (Å²) in [4.78, 5) is 0. The number of hydrogen-bond donors (Lipinski definition) is 0. The van der Waals surface area contributed by atoms with Crippen molar-refractivity contribution in [3.05, 3.63) is 41.1 Å². The Hall–Kier alpha value is -0.950. The Morgan fingerprint density at radius 2 is 2.17 bits per heavy atom. The van der Waals surface area contributed by atoms with Crippen molar-refractivity contribution in [3.63, 3.8) is 0 Å². The molecular weight excluding hydrogens is 172 g/mol. The smallest absolute Gasteiger partial charge is 0.0845 e. The molecule has 0 spiro atoms. The first-order valence-corrected chi connectivity index (χ1v) is 4.25. The normalized spacial score (nSPS) is 10.5. The molecule has 0 aromatic heterocycles. The second-order valence-electron chi connectivity index (χ2n) is 2.28. The van der Waals surface area contributed by atoms with Crippen molar-refractivity contribution in [2.24, 2.45) is 0 Å². The topological polar surface area (TPSA) is 9.23 Å². The average molecular weight is 183 g/mol. The quantitative estimate of drug-likeness (QED) is 0.652. The second-order valence-corrected chi connectivity index (χ2v) is 2.69. The van der Waals surface area contributed by atoms with Gasteiger partial charge in [0.05, 0.1) is 12.9 Å². The maximum absolute atomic E-state index is 5.90. The Morgan fingerprint density at radius 3 is 2.83 bits per heavy atom. The lowest BCUT2D eigenvalue weighted by atomic mass is 10.2. The monoisotopic (exact) mass is 182 g/mol. The van der Waals surface area contributed by atoms with E-state index in [9.17, 15) is 0 Å². The van der Waals surface area contributed by atoms with Crippen LogP contribution in [-0.2, 0) is 4.74 Å². The molecule has 0 saturated carbocycles. The molecule has 0 unspecified atom stereocenters. The van der Waals surface area contributed by atoms with E-state index in [4.69, 9.17) is 16.3 Å². The van der Waals surface area contributed by atoms with Crippen LogP contribution >= 0.6 is 11.6 Å². The van der Waals surface area contributed by atoms with Gasteiger partial charge in [-0.15, -0.1) is 0 Å². The molecule has 1 rings (SSSR count). The molecule has 2 heteroatoms. The highest BCUT2D eigenvalue weighted by Gasteiger charge is 1.91. The molecular formula is C10H11ClO. The molecule has 0 fully saturated rings. The minimum Gasteiger partial charge on any atom is -0.501 e. The van der Waals surface area contributed by atoms with Gasteiger partial charge in [-0.2, -0.15) is 0 Å². The van der Waals surface area contributed by atoms with Crippen molar-refractivity contribution in [1.29, 1.82) is 0 Å². The third kappa shape index (κ3) is 2.59. The number of halogens is 1. The van der Waals surface area contributed by atoms with Gasteiger partial charge in [0.15, 0.2) is 0 Å². The largest absolute Gasteiger partial charge is 0.501 e. The van der Waals surface area contributed by atoms with E-state index in [-0.39, 0.29) is 0 Å². The van der Waals surface area contributed by atoms with Crippen LogP contribution in [0.5, 0.6) is 0 Å². The van der Waals surface area contributed by atoms with Gasteiger partial charge in [-0.3, -0.25) is 0 Å². The van der Waals surface area contributed by atoms with Crippen molar-refractivity contribution < 1.29 is 4.74 Å². The lowest BCUT2D eigenvalue weighted by Crippen LogP contribution is -1.77. The zero-order chi connectivity index (χ0) is 8.81. The number of rotatable bonds is 3. The van der Waals surface area contributed by atoms with Crippen molar-refractivity contribution >= 4 is 17.7 Å². The second kappa shape index (κ2) is 4.83. The predicted octanol–water partition coefficient (Wildman–Crippen LogP) is 3.35. The minimum atomic E-state index is 0.682. The zero-order valence-electron chi connectivity index (χ0n) is 6.96. The Morgan fingerprint density at radius 1 is 1.42 bits per heavy atom. The van der Waals surface area contributed by atoms with Gasteiger partial charge in [0, 0.05) is 5.02 Å². The van der Waals surface area contributed by atoms with Crippen LogP contribution in [0, 0.1) is 0 Å². The van der Waals surface area contributed by atoms with Gasteiger partial charge < -0.3 is 4.74 Å². The fourth-order valence-electron chi connectivity index (χ4n) is 0.828. The Labute approximate surface area is 77.6 Å². The van der Waals surface area contributed by atoms with Crippen LogP contribution in [-0.4, -0.2) is 6.61 Å². The molecule has 0 aliphatic carbocycles. The molecule has 0 saturated heterocycles. The van der Waals surface area contributed by atoms with Gasteiger partial charge in [0.2, 0.25) is 0 Å². The van der Waals surface area contributed by atoms with Gasteiger partial charge in [-0.05, 0) is 24.6 Å². The third-order valence-corrected chi connectivity index (χ3v) is 1.76. The van der Waals surface area contributed by atoms with Crippen LogP contribution in [0.1, 0.15) is 12.5 Å². The summed E-state index contributed by atoms with van der Waals surface area (Å²) in [6, 6.07) is 7.64. The minimum absolute atomic E-state index is 0.682. The summed E-state index contributed by atoms with van der Waals surface area (Å²) in [5.41, 5.74) is 0.979. The first-order valence-electron chi connectivity index (χ1n) is 3.87. The fraction of sp³-hybridized carbons (Fsp3) is 0.200. The van der Waals surface area contributed by atoms with Gasteiger partial charge in [0.1, 0.15) is 0 Å². The molecule has 0 aliphatic rings. The first-order chi connectivity index (χ1) is 5.84. The van der Waals surface area contributed by atoms with E-state index in [1.165, 1.54) is 0 Å². The molecule has 0 aliphatic heterocycles. The van der Waals surface area contributed by atoms with Crippen LogP contribution < -0.4 is 0 Å². The Bertz CT molecular complexity index is 268. The highest BCUT2D eigenvalue weighted by Crippen LogP contribution is 2.15. The average Bonchev–Trinajstić information content (AvgIpc) is 2.09. The van der Waals surface area contributed by atoms with E-state index in [1.54, 1.807) is 6.26 Å². The van der Waals surface area contributed by atoms with Gasteiger partial charge in [0.25, 0.3) is 0 Å². The lowest BCUT2D eigenvalue weighted by Gasteiger charge is -1.96. The molecule has 0 N–H and O–H groups in total. The summed E-state index contributed by atoms with van der Waals surface area (Å²) in [5.74, 6) is 0. The summed E-state index contributed by atoms with van der Waals surface area (Å²) in [5, 5.41) is 0.744. The van der Waals surface area contributed by atoms with E-state index >= 15 is 0 Å². The van der Waals surface area contributed by atoms with Crippen molar-refractivity contribution in [1.82, 2.24) is 0 Å². The SMILES string of the molecule is CCO/C=C/c1ccccc1Cl. The van der Waals surface area contributed by atoms with Crippen molar-refractivity contribution in [2.45, 2.75) is 6.92 Å². The Kier molecular flexibility index (Phi) is 3.68. The standard InChI is InChI=1S/C10H11ClO/c1-2-12-8-7-9-5-3-4-6-10(9)11/h3-8H,2H2,1H3/b8-7+. The summed E-state index contributed by atoms with van der Waals surface area (Å²) >= 11 is 5.90. The van der Waals surface area contributed by atoms with Crippen LogP contribution in [0.25, 0.3) is 6.08 Å². The summed E-state index contributed by atoms with van der Waals surface area (Å²) in [7, 11) is 0. The van der Waals surface area contributed by atoms with Crippen LogP contribution in [0.15, 0.2) is 30.5 Å². The number of benzene rings is 1. The fourth-order valence-corrected chi connectivity index (χ4v) is 1.03. The predicted molar refractivity (Wildman–Crippen MR) is 52.1 cm³/mol. The van der Waals surface area contributed by atoms with Gasteiger partial charge in [-0.25, -0.2) is 0 Å². The van der Waals surface area contributed by atoms with Crippen molar-refractivity contribution in [3.8, 4) is 0 Å². The Balaban J connectivity index is 2.68. The molecule has 1 nitrogen and oxygen atoms in total. The summed E-state index contributed by atoms with van der Waals surface area (Å²) in [6.07, 6.45) is 3.51. The molecule has 64 valence electrons. The molecule has 12 heavy (non-hydrogen) atoms. The van der Waals surface area contributed by atoms with Gasteiger partial charge >= 0.3 is 0 Å². The van der Waals surface area contributed by atoms with E-state index in [2.05, 4.69) is 0 Å². The van der Waals surface area contributed by atoms with E-state index < -0.39 is 0 Å². The third-order valence-electron chi connectivity index (χ3n) is 1.42. The molecule has 0 radical (unpaired) electrons. The highest BCUT2D eigenvalue weighted by molar-refractivity contribution is 6.32. The molecule has 0 atom stereocenters. The molecule has 1 aromatic rings. The molecule has 0 heterocycles. The maximum atomic E-state index is 5.90. The number of hydrogen-bond acceptors (Lipinski definition) is 1.